The molecule has 2 aromatic carbocycles. The van der Waals surface area contributed by atoms with Crippen LogP contribution in [0, 0.1) is 11.6 Å². The molecule has 3 aromatic rings. The highest BCUT2D eigenvalue weighted by molar-refractivity contribution is 5.89. The molecule has 0 radical (unpaired) electrons. The van der Waals surface area contributed by atoms with Gasteiger partial charge in [0, 0.05) is 6.54 Å². The number of aromatic nitrogens is 2. The number of rotatable bonds is 5. The molecule has 0 aliphatic rings. The largest absolute Gasteiger partial charge is 0.417 e. The number of hydrogen-bond acceptors (Lipinski definition) is 4. The first-order valence-corrected chi connectivity index (χ1v) is 7.19. The third-order valence-corrected chi connectivity index (χ3v) is 3.30. The Bertz CT molecular complexity index is 830. The topological polar surface area (TPSA) is 68.0 Å². The van der Waals surface area contributed by atoms with E-state index in [1.165, 1.54) is 24.3 Å². The van der Waals surface area contributed by atoms with Crippen molar-refractivity contribution in [3.63, 3.8) is 0 Å². The Labute approximate surface area is 136 Å². The highest BCUT2D eigenvalue weighted by Crippen LogP contribution is 2.10. The van der Waals surface area contributed by atoms with Crippen molar-refractivity contribution < 1.29 is 18.0 Å². The first kappa shape index (κ1) is 15.8. The predicted octanol–water partition coefficient (Wildman–Crippen LogP) is 2.87. The lowest BCUT2D eigenvalue weighted by molar-refractivity contribution is 0.0914. The van der Waals surface area contributed by atoms with Gasteiger partial charge < -0.3 is 9.73 Å². The van der Waals surface area contributed by atoms with Gasteiger partial charge in [0.25, 0.3) is 0 Å². The van der Waals surface area contributed by atoms with Gasteiger partial charge in [-0.05, 0) is 35.4 Å². The highest BCUT2D eigenvalue weighted by atomic mass is 19.1. The van der Waals surface area contributed by atoms with Gasteiger partial charge >= 0.3 is 11.8 Å². The van der Waals surface area contributed by atoms with Crippen molar-refractivity contribution >= 4 is 5.91 Å². The van der Waals surface area contributed by atoms with Crippen molar-refractivity contribution in [1.29, 1.82) is 0 Å². The number of nitrogens with one attached hydrogen (secondary N) is 1. The molecule has 0 saturated carbocycles. The SMILES string of the molecule is O=C(NCc1ccc(F)cc1)c1nnc(Cc2ccc(F)cc2)o1. The van der Waals surface area contributed by atoms with Gasteiger partial charge in [0.1, 0.15) is 11.6 Å². The molecule has 0 atom stereocenters. The number of amides is 1. The summed E-state index contributed by atoms with van der Waals surface area (Å²) in [6, 6.07) is 11.7. The summed E-state index contributed by atoms with van der Waals surface area (Å²) in [5, 5.41) is 10.1. The van der Waals surface area contributed by atoms with Gasteiger partial charge in [0.15, 0.2) is 0 Å². The molecular formula is C17H13F2N3O2. The van der Waals surface area contributed by atoms with E-state index in [1.54, 1.807) is 24.3 Å². The molecule has 0 spiro atoms. The molecule has 0 bridgehead atoms. The molecule has 7 heteroatoms. The fourth-order valence-electron chi connectivity index (χ4n) is 2.05. The molecule has 0 aliphatic carbocycles. The third kappa shape index (κ3) is 4.01. The quantitative estimate of drug-likeness (QED) is 0.781. The van der Waals surface area contributed by atoms with Gasteiger partial charge in [-0.25, -0.2) is 8.78 Å². The summed E-state index contributed by atoms with van der Waals surface area (Å²) < 4.78 is 31.0. The van der Waals surface area contributed by atoms with Gasteiger partial charge in [-0.1, -0.05) is 24.3 Å². The Morgan fingerprint density at radius 3 is 2.12 bits per heavy atom. The average molecular weight is 329 g/mol. The van der Waals surface area contributed by atoms with Crippen molar-refractivity contribution in [2.45, 2.75) is 13.0 Å². The first-order chi connectivity index (χ1) is 11.6. The van der Waals surface area contributed by atoms with E-state index in [-0.39, 0.29) is 30.0 Å². The summed E-state index contributed by atoms with van der Waals surface area (Å²) in [6.07, 6.45) is 0.304. The zero-order valence-corrected chi connectivity index (χ0v) is 12.5. The number of carbonyl (C=O) groups excluding carboxylic acids is 1. The van der Waals surface area contributed by atoms with Crippen LogP contribution in [0.4, 0.5) is 8.78 Å². The molecular weight excluding hydrogens is 316 g/mol. The standard InChI is InChI=1S/C17H13F2N3O2/c18-13-5-1-11(2-6-13)9-15-21-22-17(24-15)16(23)20-10-12-3-7-14(19)8-4-12/h1-8H,9-10H2,(H,20,23). The van der Waals surface area contributed by atoms with Gasteiger partial charge in [-0.3, -0.25) is 4.79 Å². The number of hydrogen-bond donors (Lipinski definition) is 1. The van der Waals surface area contributed by atoms with Crippen molar-refractivity contribution in [1.82, 2.24) is 15.5 Å². The second kappa shape index (κ2) is 6.99. The number of halogens is 2. The lowest BCUT2D eigenvalue weighted by atomic mass is 10.1. The van der Waals surface area contributed by atoms with Crippen LogP contribution < -0.4 is 5.32 Å². The molecule has 0 fully saturated rings. The summed E-state index contributed by atoms with van der Waals surface area (Å²) in [5.41, 5.74) is 1.54. The molecule has 0 aliphatic heterocycles. The Morgan fingerprint density at radius 1 is 0.917 bits per heavy atom. The van der Waals surface area contributed by atoms with Gasteiger partial charge in [0.05, 0.1) is 6.42 Å². The summed E-state index contributed by atoms with van der Waals surface area (Å²) in [7, 11) is 0. The van der Waals surface area contributed by atoms with E-state index in [0.717, 1.165) is 11.1 Å². The second-order valence-corrected chi connectivity index (χ2v) is 5.11. The summed E-state index contributed by atoms with van der Waals surface area (Å²) in [5.74, 6) is -1.09. The molecule has 1 heterocycles. The Hall–Kier alpha value is -3.09. The van der Waals surface area contributed by atoms with Crippen LogP contribution in [0.15, 0.2) is 52.9 Å². The minimum atomic E-state index is -0.516. The van der Waals surface area contributed by atoms with E-state index in [2.05, 4.69) is 15.5 Å². The maximum Gasteiger partial charge on any atom is 0.309 e. The summed E-state index contributed by atoms with van der Waals surface area (Å²) in [4.78, 5) is 12.0. The van der Waals surface area contributed by atoms with Gasteiger partial charge in [0.2, 0.25) is 5.89 Å². The van der Waals surface area contributed by atoms with Crippen LogP contribution in [0.25, 0.3) is 0 Å². The molecule has 24 heavy (non-hydrogen) atoms. The van der Waals surface area contributed by atoms with Crippen LogP contribution in [0.3, 0.4) is 0 Å². The van der Waals surface area contributed by atoms with Crippen LogP contribution in [0.2, 0.25) is 0 Å². The van der Waals surface area contributed by atoms with Crippen molar-refractivity contribution in [2.75, 3.05) is 0 Å². The van der Waals surface area contributed by atoms with Gasteiger partial charge in [-0.2, -0.15) is 0 Å². The van der Waals surface area contributed by atoms with E-state index in [9.17, 15) is 13.6 Å². The second-order valence-electron chi connectivity index (χ2n) is 5.11. The highest BCUT2D eigenvalue weighted by Gasteiger charge is 2.14. The fourth-order valence-corrected chi connectivity index (χ4v) is 2.05. The monoisotopic (exact) mass is 329 g/mol. The van der Waals surface area contributed by atoms with Crippen LogP contribution in [0.5, 0.6) is 0 Å². The van der Waals surface area contributed by atoms with Crippen LogP contribution in [-0.4, -0.2) is 16.1 Å². The molecule has 5 nitrogen and oxygen atoms in total. The maximum atomic E-state index is 12.9. The molecule has 1 N–H and O–H groups in total. The smallest absolute Gasteiger partial charge is 0.309 e. The number of benzene rings is 2. The van der Waals surface area contributed by atoms with Crippen LogP contribution >= 0.6 is 0 Å². The van der Waals surface area contributed by atoms with Crippen LogP contribution in [0.1, 0.15) is 27.7 Å². The van der Waals surface area contributed by atoms with E-state index < -0.39 is 5.91 Å². The molecule has 1 amide bonds. The normalized spacial score (nSPS) is 10.6. The minimum absolute atomic E-state index is 0.158. The summed E-state index contributed by atoms with van der Waals surface area (Å²) >= 11 is 0. The predicted molar refractivity (Wildman–Crippen MR) is 81.1 cm³/mol. The van der Waals surface area contributed by atoms with E-state index in [4.69, 9.17) is 4.42 Å². The molecule has 0 saturated heterocycles. The third-order valence-electron chi connectivity index (χ3n) is 3.30. The average Bonchev–Trinajstić information content (AvgIpc) is 3.05. The lowest BCUT2D eigenvalue weighted by Crippen LogP contribution is -2.23. The Morgan fingerprint density at radius 2 is 1.50 bits per heavy atom. The zero-order valence-electron chi connectivity index (χ0n) is 12.5. The van der Waals surface area contributed by atoms with Crippen molar-refractivity contribution in [2.24, 2.45) is 0 Å². The molecule has 3 rings (SSSR count). The first-order valence-electron chi connectivity index (χ1n) is 7.19. The van der Waals surface area contributed by atoms with E-state index in [0.29, 0.717) is 6.42 Å². The fraction of sp³-hybridized carbons (Fsp3) is 0.118. The number of nitrogens with zero attached hydrogens (tertiary/aromatic N) is 2. The minimum Gasteiger partial charge on any atom is -0.417 e. The van der Waals surface area contributed by atoms with Gasteiger partial charge in [-0.15, -0.1) is 10.2 Å². The van der Waals surface area contributed by atoms with Crippen LogP contribution in [-0.2, 0) is 13.0 Å². The molecule has 122 valence electrons. The lowest BCUT2D eigenvalue weighted by Gasteiger charge is -2.02. The van der Waals surface area contributed by atoms with Crippen molar-refractivity contribution in [3.05, 3.63) is 83.1 Å². The summed E-state index contributed by atoms with van der Waals surface area (Å²) in [6.45, 7) is 0.217. The Kier molecular flexibility index (Phi) is 4.60. The number of carbonyl (C=O) groups is 1. The maximum absolute atomic E-state index is 12.9. The van der Waals surface area contributed by atoms with E-state index >= 15 is 0 Å². The Balaban J connectivity index is 1.59. The van der Waals surface area contributed by atoms with Crippen molar-refractivity contribution in [3.8, 4) is 0 Å². The zero-order chi connectivity index (χ0) is 16.9. The molecule has 1 aromatic heterocycles. The van der Waals surface area contributed by atoms with E-state index in [1.807, 2.05) is 0 Å². The molecule has 0 unspecified atom stereocenters.